The fourth-order valence-electron chi connectivity index (χ4n) is 5.21. The Kier molecular flexibility index (Phi) is 13.5. The normalized spacial score (nSPS) is 25.5. The van der Waals surface area contributed by atoms with Crippen molar-refractivity contribution in [2.75, 3.05) is 5.32 Å². The largest absolute Gasteiger partial charge is 0.505 e. The third kappa shape index (κ3) is 9.37. The molecule has 0 saturated carbocycles. The van der Waals surface area contributed by atoms with Crippen molar-refractivity contribution in [3.63, 3.8) is 0 Å². The number of carbonyl (C=O) groups is 6. The van der Waals surface area contributed by atoms with Crippen LogP contribution in [0.4, 0.5) is 5.69 Å². The molecular formula is C36H46N2O12. The van der Waals surface area contributed by atoms with Gasteiger partial charge in [-0.2, -0.15) is 0 Å². The lowest BCUT2D eigenvalue weighted by Crippen LogP contribution is -2.52. The van der Waals surface area contributed by atoms with Crippen LogP contribution in [0.25, 0.3) is 0 Å². The summed E-state index contributed by atoms with van der Waals surface area (Å²) in [7, 11) is 0. The fourth-order valence-corrected chi connectivity index (χ4v) is 5.21. The van der Waals surface area contributed by atoms with Crippen molar-refractivity contribution in [2.45, 2.75) is 97.9 Å². The first kappa shape index (κ1) is 39.5. The van der Waals surface area contributed by atoms with Gasteiger partial charge in [0.15, 0.2) is 11.8 Å². The Bertz CT molecular complexity index is 1540. The number of aromatic hydroxyl groups is 1. The molecule has 1 aliphatic rings. The van der Waals surface area contributed by atoms with Crippen LogP contribution in [-0.2, 0) is 49.3 Å². The third-order valence-electron chi connectivity index (χ3n) is 8.68. The minimum Gasteiger partial charge on any atom is -0.505 e. The van der Waals surface area contributed by atoms with E-state index in [0.717, 1.165) is 0 Å². The highest BCUT2D eigenvalue weighted by molar-refractivity contribution is 6.01. The second kappa shape index (κ2) is 17.1. The third-order valence-corrected chi connectivity index (χ3v) is 8.68. The van der Waals surface area contributed by atoms with Gasteiger partial charge in [0.05, 0.1) is 16.7 Å². The number of cyclic esters (lactones) is 4. The highest BCUT2D eigenvalue weighted by atomic mass is 16.6. The highest BCUT2D eigenvalue weighted by Crippen LogP contribution is 2.32. The lowest BCUT2D eigenvalue weighted by atomic mass is 9.81. The summed E-state index contributed by atoms with van der Waals surface area (Å²) >= 11 is 0. The van der Waals surface area contributed by atoms with E-state index in [1.165, 1.54) is 39.0 Å². The molecule has 3 rings (SSSR count). The minimum atomic E-state index is -1.76. The lowest BCUT2D eigenvalue weighted by molar-refractivity contribution is -0.190. The summed E-state index contributed by atoms with van der Waals surface area (Å²) in [6.07, 6.45) is -6.89. The van der Waals surface area contributed by atoms with Crippen molar-refractivity contribution in [2.24, 2.45) is 17.3 Å². The zero-order valence-electron chi connectivity index (χ0n) is 29.2. The van der Waals surface area contributed by atoms with E-state index in [2.05, 4.69) is 10.6 Å². The van der Waals surface area contributed by atoms with Gasteiger partial charge < -0.3 is 39.8 Å². The van der Waals surface area contributed by atoms with Crippen molar-refractivity contribution in [3.05, 3.63) is 59.7 Å². The number of hydrogen-bond acceptors (Lipinski definition) is 12. The van der Waals surface area contributed by atoms with E-state index < -0.39 is 89.3 Å². The summed E-state index contributed by atoms with van der Waals surface area (Å²) in [5.74, 6) is -7.13. The minimum absolute atomic E-state index is 0.0305. The molecule has 1 aliphatic heterocycles. The van der Waals surface area contributed by atoms with Crippen molar-refractivity contribution >= 4 is 41.9 Å². The number of phenolic OH excluding ortho intramolecular Hbond substituents is 1. The lowest BCUT2D eigenvalue weighted by Gasteiger charge is -2.35. The van der Waals surface area contributed by atoms with Crippen LogP contribution in [0.5, 0.6) is 5.75 Å². The maximum Gasteiger partial charge on any atom is 0.348 e. The first-order chi connectivity index (χ1) is 23.5. The molecule has 2 unspecified atom stereocenters. The van der Waals surface area contributed by atoms with Crippen LogP contribution in [0, 0.1) is 17.3 Å². The second-order valence-corrected chi connectivity index (χ2v) is 13.2. The number of hydrogen-bond donors (Lipinski definition) is 4. The summed E-state index contributed by atoms with van der Waals surface area (Å²) in [6.45, 7) is 10.6. The van der Waals surface area contributed by atoms with Gasteiger partial charge in [0.25, 0.3) is 5.91 Å². The molecule has 14 heteroatoms. The molecule has 0 bridgehead atoms. The van der Waals surface area contributed by atoms with Crippen molar-refractivity contribution in [1.82, 2.24) is 5.32 Å². The van der Waals surface area contributed by atoms with E-state index in [-0.39, 0.29) is 17.7 Å². The predicted octanol–water partition coefficient (Wildman–Crippen LogP) is 3.07. The molecule has 2 aromatic carbocycles. The standard InChI is InChI=1S/C36H46N2O12/c1-8-20(4)29-34(45)47-21(5)26(38-31(42)23-15-12-16-24(27(23)40)37-18-39)32(43)49-28(19(2)3)33(44)48-25(17-22-13-10-9-11-14-22)30(41)36(6,7)35(46)50-29/h9-16,18-21,25-26,28-30,40-41H,8,17H2,1-7H3,(H,37,39)(H,38,42)/t20-,21+,25?,26-,28?,29-,30-/m0/s1. The summed E-state index contributed by atoms with van der Waals surface area (Å²) in [4.78, 5) is 79.3. The highest BCUT2D eigenvalue weighted by Gasteiger charge is 2.47. The SMILES string of the molecule is CC[C@H](C)[C@@H]1OC(=O)C(C)(C)[C@@H](O)C(Cc2ccccc2)OC(=O)C(C(C)C)OC(=O)[C@@H](NC(=O)c2cccc(NC=O)c2O)[C@@H](C)OC1=O. The van der Waals surface area contributed by atoms with Crippen molar-refractivity contribution in [1.29, 1.82) is 0 Å². The molecular weight excluding hydrogens is 652 g/mol. The number of ether oxygens (including phenoxy) is 4. The predicted molar refractivity (Wildman–Crippen MR) is 178 cm³/mol. The summed E-state index contributed by atoms with van der Waals surface area (Å²) in [6, 6.07) is 10.9. The van der Waals surface area contributed by atoms with E-state index in [1.54, 1.807) is 58.0 Å². The molecule has 0 spiro atoms. The van der Waals surface area contributed by atoms with Crippen LogP contribution in [0.3, 0.4) is 0 Å². The molecule has 0 aliphatic carbocycles. The molecule has 1 saturated heterocycles. The average Bonchev–Trinajstić information content (AvgIpc) is 3.07. The zero-order chi connectivity index (χ0) is 37.3. The monoisotopic (exact) mass is 698 g/mol. The zero-order valence-corrected chi connectivity index (χ0v) is 29.2. The van der Waals surface area contributed by atoms with E-state index >= 15 is 0 Å². The molecule has 1 heterocycles. The molecule has 0 aromatic heterocycles. The number of aliphatic hydroxyl groups is 1. The molecule has 4 N–H and O–H groups in total. The quantitative estimate of drug-likeness (QED) is 0.129. The molecule has 2 aromatic rings. The van der Waals surface area contributed by atoms with Gasteiger partial charge in [0.1, 0.15) is 18.3 Å². The van der Waals surface area contributed by atoms with E-state index in [1.807, 2.05) is 0 Å². The van der Waals surface area contributed by atoms with Crippen LogP contribution < -0.4 is 10.6 Å². The summed E-state index contributed by atoms with van der Waals surface area (Å²) < 4.78 is 22.7. The van der Waals surface area contributed by atoms with Crippen LogP contribution in [-0.4, -0.2) is 83.0 Å². The average molecular weight is 699 g/mol. The smallest absolute Gasteiger partial charge is 0.348 e. The Morgan fingerprint density at radius 3 is 2.14 bits per heavy atom. The Morgan fingerprint density at radius 1 is 0.900 bits per heavy atom. The number of rotatable bonds is 9. The Hall–Kier alpha value is -4.98. The number of anilines is 1. The number of phenols is 1. The maximum atomic E-state index is 13.8. The van der Waals surface area contributed by atoms with Crippen LogP contribution in [0.1, 0.15) is 70.8 Å². The first-order valence-electron chi connectivity index (χ1n) is 16.4. The number of benzene rings is 2. The van der Waals surface area contributed by atoms with Gasteiger partial charge >= 0.3 is 23.9 Å². The van der Waals surface area contributed by atoms with Gasteiger partial charge in [0, 0.05) is 18.3 Å². The maximum absolute atomic E-state index is 13.8. The number of amides is 2. The summed E-state index contributed by atoms with van der Waals surface area (Å²) in [5, 5.41) is 26.9. The van der Waals surface area contributed by atoms with Gasteiger partial charge in [-0.3, -0.25) is 14.4 Å². The fraction of sp³-hybridized carbons (Fsp3) is 0.500. The molecule has 50 heavy (non-hydrogen) atoms. The van der Waals surface area contributed by atoms with Gasteiger partial charge in [0.2, 0.25) is 18.6 Å². The number of aliphatic hydroxyl groups excluding tert-OH is 1. The van der Waals surface area contributed by atoms with E-state index in [4.69, 9.17) is 18.9 Å². The molecule has 1 fully saturated rings. The molecule has 272 valence electrons. The van der Waals surface area contributed by atoms with Crippen molar-refractivity contribution < 1.29 is 57.9 Å². The van der Waals surface area contributed by atoms with Crippen LogP contribution >= 0.6 is 0 Å². The Balaban J connectivity index is 2.12. The summed E-state index contributed by atoms with van der Waals surface area (Å²) in [5.41, 5.74) is -1.48. The van der Waals surface area contributed by atoms with Crippen LogP contribution in [0.2, 0.25) is 0 Å². The Labute approximate surface area is 290 Å². The first-order valence-corrected chi connectivity index (χ1v) is 16.4. The second-order valence-electron chi connectivity index (χ2n) is 13.2. The number of para-hydroxylation sites is 1. The topological polar surface area (TPSA) is 204 Å². The van der Waals surface area contributed by atoms with Gasteiger partial charge in [-0.1, -0.05) is 64.1 Å². The molecule has 14 nitrogen and oxygen atoms in total. The number of esters is 4. The Morgan fingerprint density at radius 2 is 1.54 bits per heavy atom. The van der Waals surface area contributed by atoms with E-state index in [9.17, 15) is 39.0 Å². The molecule has 0 radical (unpaired) electrons. The van der Waals surface area contributed by atoms with Crippen molar-refractivity contribution in [3.8, 4) is 5.75 Å². The van der Waals surface area contributed by atoms with E-state index in [0.29, 0.717) is 18.4 Å². The van der Waals surface area contributed by atoms with Crippen LogP contribution in [0.15, 0.2) is 48.5 Å². The molecule has 7 atom stereocenters. The van der Waals surface area contributed by atoms with Gasteiger partial charge in [-0.15, -0.1) is 0 Å². The number of carbonyl (C=O) groups excluding carboxylic acids is 6. The number of nitrogens with one attached hydrogen (secondary N) is 2. The van der Waals surface area contributed by atoms with Gasteiger partial charge in [-0.05, 0) is 44.9 Å². The molecule has 2 amide bonds. The van der Waals surface area contributed by atoms with Gasteiger partial charge in [-0.25, -0.2) is 14.4 Å².